The lowest BCUT2D eigenvalue weighted by Gasteiger charge is -2.08. The molecule has 2 aromatic rings. The number of ether oxygens (including phenoxy) is 1. The molecule has 0 aliphatic rings. The molecule has 0 N–H and O–H groups in total. The second-order valence-electron chi connectivity index (χ2n) is 4.37. The van der Waals surface area contributed by atoms with Crippen LogP contribution in [0.4, 0.5) is 0 Å². The third-order valence-electron chi connectivity index (χ3n) is 2.25. The zero-order chi connectivity index (χ0) is 13.0. The van der Waals surface area contributed by atoms with E-state index in [4.69, 9.17) is 20.8 Å². The average molecular weight is 267 g/mol. The summed E-state index contributed by atoms with van der Waals surface area (Å²) < 4.78 is 11.0. The molecule has 0 saturated heterocycles. The van der Waals surface area contributed by atoms with Crippen LogP contribution in [-0.4, -0.2) is 16.8 Å². The Morgan fingerprint density at radius 3 is 2.83 bits per heavy atom. The Morgan fingerprint density at radius 1 is 1.33 bits per heavy atom. The molecule has 1 aromatic heterocycles. The van der Waals surface area contributed by atoms with Crippen LogP contribution in [0, 0.1) is 5.92 Å². The number of halogens is 1. The van der Waals surface area contributed by atoms with Crippen LogP contribution in [0.15, 0.2) is 28.7 Å². The van der Waals surface area contributed by atoms with Gasteiger partial charge in [-0.3, -0.25) is 0 Å². The molecule has 5 heteroatoms. The Labute approximate surface area is 111 Å². The third-order valence-corrected chi connectivity index (χ3v) is 2.47. The standard InChI is InChI=1S/C13H15ClN2O2/c1-9(2)8-17-11-5-3-4-10(6-11)13-16-15-12(7-14)18-13/h3-6,9H,7-8H2,1-2H3. The van der Waals surface area contributed by atoms with Crippen LogP contribution in [0.2, 0.25) is 0 Å². The van der Waals surface area contributed by atoms with Crippen molar-refractivity contribution >= 4 is 11.6 Å². The molecule has 0 amide bonds. The minimum atomic E-state index is 0.219. The first-order valence-electron chi connectivity index (χ1n) is 5.80. The highest BCUT2D eigenvalue weighted by Crippen LogP contribution is 2.23. The van der Waals surface area contributed by atoms with Crippen LogP contribution in [0.5, 0.6) is 5.75 Å². The van der Waals surface area contributed by atoms with Crippen molar-refractivity contribution in [1.29, 1.82) is 0 Å². The van der Waals surface area contributed by atoms with E-state index in [-0.39, 0.29) is 5.88 Å². The first-order chi connectivity index (χ1) is 8.69. The minimum absolute atomic E-state index is 0.219. The average Bonchev–Trinajstić information content (AvgIpc) is 2.85. The summed E-state index contributed by atoms with van der Waals surface area (Å²) in [5.74, 6) is 2.38. The summed E-state index contributed by atoms with van der Waals surface area (Å²) in [6, 6.07) is 7.59. The molecule has 0 spiro atoms. The summed E-state index contributed by atoms with van der Waals surface area (Å²) in [4.78, 5) is 0. The summed E-state index contributed by atoms with van der Waals surface area (Å²) in [6.45, 7) is 4.89. The molecular weight excluding hydrogens is 252 g/mol. The van der Waals surface area contributed by atoms with E-state index in [1.165, 1.54) is 0 Å². The molecule has 1 aromatic carbocycles. The van der Waals surface area contributed by atoms with Gasteiger partial charge in [-0.05, 0) is 24.1 Å². The van der Waals surface area contributed by atoms with Gasteiger partial charge >= 0.3 is 0 Å². The van der Waals surface area contributed by atoms with E-state index in [2.05, 4.69) is 24.0 Å². The van der Waals surface area contributed by atoms with Gasteiger partial charge in [0.05, 0.1) is 6.61 Å². The largest absolute Gasteiger partial charge is 0.493 e. The summed E-state index contributed by atoms with van der Waals surface area (Å²) in [5, 5.41) is 7.76. The normalized spacial score (nSPS) is 10.9. The molecular formula is C13H15ClN2O2. The third kappa shape index (κ3) is 3.23. The van der Waals surface area contributed by atoms with E-state index >= 15 is 0 Å². The molecule has 0 saturated carbocycles. The highest BCUT2D eigenvalue weighted by atomic mass is 35.5. The molecule has 2 rings (SSSR count). The van der Waals surface area contributed by atoms with Gasteiger partial charge < -0.3 is 9.15 Å². The van der Waals surface area contributed by atoms with Crippen LogP contribution in [0.3, 0.4) is 0 Å². The number of nitrogens with zero attached hydrogens (tertiary/aromatic N) is 2. The zero-order valence-corrected chi connectivity index (χ0v) is 11.1. The van der Waals surface area contributed by atoms with Crippen molar-refractivity contribution in [2.24, 2.45) is 5.92 Å². The molecule has 0 aliphatic heterocycles. The fraction of sp³-hybridized carbons (Fsp3) is 0.385. The second-order valence-corrected chi connectivity index (χ2v) is 4.63. The maximum Gasteiger partial charge on any atom is 0.247 e. The maximum atomic E-state index is 5.65. The van der Waals surface area contributed by atoms with Crippen LogP contribution in [-0.2, 0) is 5.88 Å². The van der Waals surface area contributed by atoms with Crippen LogP contribution >= 0.6 is 11.6 Å². The van der Waals surface area contributed by atoms with Crippen molar-refractivity contribution < 1.29 is 9.15 Å². The lowest BCUT2D eigenvalue weighted by molar-refractivity contribution is 0.271. The van der Waals surface area contributed by atoms with Gasteiger partial charge in [-0.25, -0.2) is 0 Å². The van der Waals surface area contributed by atoms with E-state index in [1.54, 1.807) is 0 Å². The van der Waals surface area contributed by atoms with Gasteiger partial charge in [-0.2, -0.15) is 0 Å². The number of rotatable bonds is 5. The van der Waals surface area contributed by atoms with Gasteiger partial charge in [-0.1, -0.05) is 19.9 Å². The van der Waals surface area contributed by atoms with Crippen molar-refractivity contribution in [2.75, 3.05) is 6.61 Å². The second kappa shape index (κ2) is 5.87. The lowest BCUT2D eigenvalue weighted by Crippen LogP contribution is -2.04. The first-order valence-corrected chi connectivity index (χ1v) is 6.34. The van der Waals surface area contributed by atoms with E-state index in [0.717, 1.165) is 11.3 Å². The van der Waals surface area contributed by atoms with Crippen LogP contribution in [0.1, 0.15) is 19.7 Å². The Kier molecular flexibility index (Phi) is 4.20. The minimum Gasteiger partial charge on any atom is -0.493 e. The lowest BCUT2D eigenvalue weighted by atomic mass is 10.2. The maximum absolute atomic E-state index is 5.65. The van der Waals surface area contributed by atoms with Gasteiger partial charge in [0, 0.05) is 5.56 Å². The Bertz CT molecular complexity index is 511. The van der Waals surface area contributed by atoms with Gasteiger partial charge in [-0.15, -0.1) is 21.8 Å². The van der Waals surface area contributed by atoms with Gasteiger partial charge in [0.15, 0.2) is 0 Å². The zero-order valence-electron chi connectivity index (χ0n) is 10.4. The summed E-state index contributed by atoms with van der Waals surface area (Å²) in [7, 11) is 0. The van der Waals surface area contributed by atoms with Crippen molar-refractivity contribution in [3.05, 3.63) is 30.2 Å². The monoisotopic (exact) mass is 266 g/mol. The Balaban J connectivity index is 2.16. The molecule has 1 heterocycles. The topological polar surface area (TPSA) is 48.2 Å². The highest BCUT2D eigenvalue weighted by Gasteiger charge is 2.08. The Hall–Kier alpha value is -1.55. The molecule has 96 valence electrons. The van der Waals surface area contributed by atoms with Crippen LogP contribution in [0.25, 0.3) is 11.5 Å². The summed E-state index contributed by atoms with van der Waals surface area (Å²) >= 11 is 5.62. The summed E-state index contributed by atoms with van der Waals surface area (Å²) in [6.07, 6.45) is 0. The van der Waals surface area contributed by atoms with Gasteiger partial charge in [0.2, 0.25) is 11.8 Å². The van der Waals surface area contributed by atoms with Gasteiger partial charge in [0.1, 0.15) is 11.6 Å². The van der Waals surface area contributed by atoms with Crippen molar-refractivity contribution in [1.82, 2.24) is 10.2 Å². The first kappa shape index (κ1) is 12.9. The molecule has 0 atom stereocenters. The fourth-order valence-electron chi connectivity index (χ4n) is 1.41. The number of aromatic nitrogens is 2. The van der Waals surface area contributed by atoms with Gasteiger partial charge in [0.25, 0.3) is 0 Å². The molecule has 0 fully saturated rings. The highest BCUT2D eigenvalue weighted by molar-refractivity contribution is 6.16. The molecule has 18 heavy (non-hydrogen) atoms. The number of benzene rings is 1. The molecule has 0 aliphatic carbocycles. The van der Waals surface area contributed by atoms with Crippen molar-refractivity contribution in [3.8, 4) is 17.2 Å². The molecule has 0 radical (unpaired) electrons. The Morgan fingerprint density at radius 2 is 2.17 bits per heavy atom. The summed E-state index contributed by atoms with van der Waals surface area (Å²) in [5.41, 5.74) is 0.833. The van der Waals surface area contributed by atoms with E-state index in [1.807, 2.05) is 24.3 Å². The number of alkyl halides is 1. The predicted octanol–water partition coefficient (Wildman–Crippen LogP) is 3.51. The van der Waals surface area contributed by atoms with Crippen molar-refractivity contribution in [3.63, 3.8) is 0 Å². The SMILES string of the molecule is CC(C)COc1cccc(-c2nnc(CCl)o2)c1. The van der Waals surface area contributed by atoms with Crippen molar-refractivity contribution in [2.45, 2.75) is 19.7 Å². The molecule has 0 bridgehead atoms. The van der Waals surface area contributed by atoms with Crippen LogP contribution < -0.4 is 4.74 Å². The number of hydrogen-bond donors (Lipinski definition) is 0. The van der Waals surface area contributed by atoms with E-state index in [9.17, 15) is 0 Å². The smallest absolute Gasteiger partial charge is 0.247 e. The fourth-order valence-corrected chi connectivity index (χ4v) is 1.51. The predicted molar refractivity (Wildman–Crippen MR) is 69.6 cm³/mol. The quantitative estimate of drug-likeness (QED) is 0.777. The molecule has 4 nitrogen and oxygen atoms in total. The van der Waals surface area contributed by atoms with E-state index < -0.39 is 0 Å². The molecule has 0 unspecified atom stereocenters. The number of hydrogen-bond acceptors (Lipinski definition) is 4. The van der Waals surface area contributed by atoms with E-state index in [0.29, 0.717) is 24.3 Å².